The van der Waals surface area contributed by atoms with Crippen LogP contribution in [-0.2, 0) is 11.2 Å². The van der Waals surface area contributed by atoms with Gasteiger partial charge in [-0.15, -0.1) is 0 Å². The number of halogens is 2. The van der Waals surface area contributed by atoms with E-state index in [1.54, 1.807) is 0 Å². The van der Waals surface area contributed by atoms with E-state index >= 15 is 0 Å². The van der Waals surface area contributed by atoms with Crippen molar-refractivity contribution in [2.24, 2.45) is 0 Å². The highest BCUT2D eigenvalue weighted by atomic mass is 79.9. The lowest BCUT2D eigenvalue weighted by molar-refractivity contribution is -0.136. The number of aromatic hydroxyl groups is 1. The van der Waals surface area contributed by atoms with Gasteiger partial charge in [-0.3, -0.25) is 4.79 Å². The van der Waals surface area contributed by atoms with Crippen molar-refractivity contribution >= 4 is 21.9 Å². The van der Waals surface area contributed by atoms with Crippen molar-refractivity contribution in [2.45, 2.75) is 6.42 Å². The summed E-state index contributed by atoms with van der Waals surface area (Å²) in [6, 6.07) is 2.71. The van der Waals surface area contributed by atoms with Gasteiger partial charge in [0.25, 0.3) is 0 Å². The highest BCUT2D eigenvalue weighted by molar-refractivity contribution is 9.10. The fourth-order valence-corrected chi connectivity index (χ4v) is 1.21. The van der Waals surface area contributed by atoms with E-state index in [1.165, 1.54) is 12.1 Å². The molecule has 0 radical (unpaired) electrons. The minimum atomic E-state index is -1.11. The molecule has 0 bridgehead atoms. The number of phenols is 1. The van der Waals surface area contributed by atoms with Crippen LogP contribution < -0.4 is 0 Å². The Balaban J connectivity index is 3.10. The van der Waals surface area contributed by atoms with E-state index in [4.69, 9.17) is 10.2 Å². The second-order valence-electron chi connectivity index (χ2n) is 2.44. The van der Waals surface area contributed by atoms with Gasteiger partial charge in [-0.25, -0.2) is 4.39 Å². The van der Waals surface area contributed by atoms with Crippen molar-refractivity contribution in [3.63, 3.8) is 0 Å². The molecule has 13 heavy (non-hydrogen) atoms. The van der Waals surface area contributed by atoms with Crippen molar-refractivity contribution in [1.29, 1.82) is 0 Å². The SMILES string of the molecule is O=C(O)Cc1ccc(Br)c(F)c1O. The highest BCUT2D eigenvalue weighted by Crippen LogP contribution is 2.27. The van der Waals surface area contributed by atoms with Crippen molar-refractivity contribution in [1.82, 2.24) is 0 Å². The number of carbonyl (C=O) groups is 1. The summed E-state index contributed by atoms with van der Waals surface area (Å²) in [7, 11) is 0. The molecule has 0 saturated carbocycles. The summed E-state index contributed by atoms with van der Waals surface area (Å²) in [4.78, 5) is 10.3. The number of hydrogen-bond acceptors (Lipinski definition) is 2. The molecule has 0 amide bonds. The molecule has 0 saturated heterocycles. The van der Waals surface area contributed by atoms with Gasteiger partial charge in [0.15, 0.2) is 11.6 Å². The number of carboxylic acid groups (broad SMARTS) is 1. The van der Waals surface area contributed by atoms with E-state index in [0.717, 1.165) is 0 Å². The molecule has 1 aromatic carbocycles. The predicted octanol–water partition coefficient (Wildman–Crippen LogP) is 1.92. The molecule has 2 N–H and O–H groups in total. The van der Waals surface area contributed by atoms with Crippen LogP contribution in [0.1, 0.15) is 5.56 Å². The maximum atomic E-state index is 13.0. The Labute approximate surface area is 81.9 Å². The van der Waals surface area contributed by atoms with E-state index < -0.39 is 24.0 Å². The Morgan fingerprint density at radius 1 is 1.54 bits per heavy atom. The number of aliphatic carboxylic acids is 1. The summed E-state index contributed by atoms with van der Waals surface area (Å²) in [5, 5.41) is 17.6. The molecule has 0 aliphatic carbocycles. The van der Waals surface area contributed by atoms with Gasteiger partial charge in [0.05, 0.1) is 10.9 Å². The highest BCUT2D eigenvalue weighted by Gasteiger charge is 2.12. The minimum absolute atomic E-state index is 0.0631. The van der Waals surface area contributed by atoms with Gasteiger partial charge < -0.3 is 10.2 Å². The fraction of sp³-hybridized carbons (Fsp3) is 0.125. The zero-order valence-corrected chi connectivity index (χ0v) is 8.01. The summed E-state index contributed by atoms with van der Waals surface area (Å²) in [5.74, 6) is -2.56. The van der Waals surface area contributed by atoms with E-state index in [2.05, 4.69) is 15.9 Å². The monoisotopic (exact) mass is 248 g/mol. The van der Waals surface area contributed by atoms with E-state index in [0.29, 0.717) is 0 Å². The lowest BCUT2D eigenvalue weighted by Gasteiger charge is -2.03. The maximum absolute atomic E-state index is 13.0. The molecule has 0 fully saturated rings. The first-order valence-electron chi connectivity index (χ1n) is 3.40. The number of benzene rings is 1. The molecule has 0 heterocycles. The van der Waals surface area contributed by atoms with E-state index in [-0.39, 0.29) is 10.0 Å². The van der Waals surface area contributed by atoms with Crippen LogP contribution in [0.5, 0.6) is 5.75 Å². The van der Waals surface area contributed by atoms with E-state index in [9.17, 15) is 9.18 Å². The third kappa shape index (κ3) is 2.18. The molecule has 0 aromatic heterocycles. The normalized spacial score (nSPS) is 10.0. The van der Waals surface area contributed by atoms with Gasteiger partial charge in [-0.1, -0.05) is 6.07 Å². The summed E-state index contributed by atoms with van der Waals surface area (Å²) >= 11 is 2.86. The first-order chi connectivity index (χ1) is 6.02. The van der Waals surface area contributed by atoms with Crippen LogP contribution >= 0.6 is 15.9 Å². The van der Waals surface area contributed by atoms with Gasteiger partial charge in [0, 0.05) is 5.56 Å². The summed E-state index contributed by atoms with van der Waals surface area (Å²) in [6.07, 6.45) is -0.393. The lowest BCUT2D eigenvalue weighted by atomic mass is 10.1. The average Bonchev–Trinajstić information content (AvgIpc) is 2.06. The van der Waals surface area contributed by atoms with Crippen molar-refractivity contribution < 1.29 is 19.4 Å². The third-order valence-corrected chi connectivity index (χ3v) is 2.11. The second-order valence-corrected chi connectivity index (χ2v) is 3.29. The average molecular weight is 249 g/mol. The van der Waals surface area contributed by atoms with Crippen LogP contribution in [0, 0.1) is 5.82 Å². The first-order valence-corrected chi connectivity index (χ1v) is 4.19. The summed E-state index contributed by atoms with van der Waals surface area (Å²) in [5.41, 5.74) is 0.0631. The fourth-order valence-electron chi connectivity index (χ4n) is 0.885. The van der Waals surface area contributed by atoms with Gasteiger partial charge in [-0.2, -0.15) is 0 Å². The predicted molar refractivity (Wildman–Crippen MR) is 47.1 cm³/mol. The molecular formula is C8H6BrFO3. The number of carboxylic acids is 1. The molecule has 5 heteroatoms. The number of hydrogen-bond donors (Lipinski definition) is 2. The van der Waals surface area contributed by atoms with Crippen molar-refractivity contribution in [3.05, 3.63) is 28.0 Å². The molecule has 0 atom stereocenters. The Morgan fingerprint density at radius 2 is 2.15 bits per heavy atom. The van der Waals surface area contributed by atoms with Gasteiger partial charge in [-0.05, 0) is 22.0 Å². The van der Waals surface area contributed by atoms with Crippen LogP contribution in [0.3, 0.4) is 0 Å². The van der Waals surface area contributed by atoms with Gasteiger partial charge in [0.2, 0.25) is 0 Å². The Morgan fingerprint density at radius 3 is 2.69 bits per heavy atom. The quantitative estimate of drug-likeness (QED) is 0.841. The van der Waals surface area contributed by atoms with Crippen LogP contribution in [-0.4, -0.2) is 16.2 Å². The Hall–Kier alpha value is -1.10. The molecular weight excluding hydrogens is 243 g/mol. The summed E-state index contributed by atoms with van der Waals surface area (Å²) < 4.78 is 13.1. The van der Waals surface area contributed by atoms with Gasteiger partial charge in [0.1, 0.15) is 0 Å². The standard InChI is InChI=1S/C8H6BrFO3/c9-5-2-1-4(3-6(11)12)8(13)7(5)10/h1-2,13H,3H2,(H,11,12). The molecule has 0 aliphatic heterocycles. The molecule has 3 nitrogen and oxygen atoms in total. The maximum Gasteiger partial charge on any atom is 0.307 e. The van der Waals surface area contributed by atoms with E-state index in [1.807, 2.05) is 0 Å². The first kappa shape index (κ1) is 9.98. The lowest BCUT2D eigenvalue weighted by Crippen LogP contribution is -2.01. The Bertz CT molecular complexity index is 351. The van der Waals surface area contributed by atoms with Crippen molar-refractivity contribution in [3.8, 4) is 5.75 Å². The van der Waals surface area contributed by atoms with Crippen LogP contribution in [0.4, 0.5) is 4.39 Å². The van der Waals surface area contributed by atoms with Crippen LogP contribution in [0.15, 0.2) is 16.6 Å². The second kappa shape index (κ2) is 3.74. The largest absolute Gasteiger partial charge is 0.505 e. The zero-order chi connectivity index (χ0) is 10.0. The molecule has 0 aliphatic rings. The molecule has 70 valence electrons. The molecule has 0 spiro atoms. The minimum Gasteiger partial charge on any atom is -0.505 e. The molecule has 1 rings (SSSR count). The number of phenolic OH excluding ortho intramolecular Hbond substituents is 1. The molecule has 1 aromatic rings. The summed E-state index contributed by atoms with van der Waals surface area (Å²) in [6.45, 7) is 0. The smallest absolute Gasteiger partial charge is 0.307 e. The zero-order valence-electron chi connectivity index (χ0n) is 6.42. The van der Waals surface area contributed by atoms with Crippen LogP contribution in [0.25, 0.3) is 0 Å². The third-order valence-electron chi connectivity index (χ3n) is 1.49. The van der Waals surface area contributed by atoms with Gasteiger partial charge >= 0.3 is 5.97 Å². The number of rotatable bonds is 2. The van der Waals surface area contributed by atoms with Crippen molar-refractivity contribution in [2.75, 3.05) is 0 Å². The van der Waals surface area contributed by atoms with Crippen LogP contribution in [0.2, 0.25) is 0 Å². The topological polar surface area (TPSA) is 57.5 Å². The Kier molecular flexibility index (Phi) is 2.87. The molecule has 0 unspecified atom stereocenters.